The van der Waals surface area contributed by atoms with Crippen molar-refractivity contribution < 1.29 is 4.74 Å². The molecule has 5 heteroatoms. The van der Waals surface area contributed by atoms with E-state index >= 15 is 0 Å². The molecule has 4 nitrogen and oxygen atoms in total. The summed E-state index contributed by atoms with van der Waals surface area (Å²) in [5.41, 5.74) is 2.46. The third-order valence-electron chi connectivity index (χ3n) is 3.71. The van der Waals surface area contributed by atoms with Gasteiger partial charge in [-0.1, -0.05) is 0 Å². The second-order valence-electron chi connectivity index (χ2n) is 5.16. The lowest BCUT2D eigenvalue weighted by Gasteiger charge is -2.23. The molecule has 2 aromatic heterocycles. The predicted molar refractivity (Wildman–Crippen MR) is 82.0 cm³/mol. The van der Waals surface area contributed by atoms with E-state index in [1.165, 1.54) is 11.3 Å². The molecule has 0 unspecified atom stereocenters. The summed E-state index contributed by atoms with van der Waals surface area (Å²) in [5, 5.41) is 7.63. The van der Waals surface area contributed by atoms with Crippen LogP contribution in [-0.2, 0) is 11.3 Å². The van der Waals surface area contributed by atoms with Crippen molar-refractivity contribution in [3.8, 4) is 11.3 Å². The third-order valence-corrected chi connectivity index (χ3v) is 4.40. The summed E-state index contributed by atoms with van der Waals surface area (Å²) in [6.45, 7) is 3.99. The summed E-state index contributed by atoms with van der Waals surface area (Å²) in [5.74, 6) is 0. The average Bonchev–Trinajstić information content (AvgIpc) is 3.15. The summed E-state index contributed by atoms with van der Waals surface area (Å²) in [6, 6.07) is 2.14. The summed E-state index contributed by atoms with van der Waals surface area (Å²) >= 11 is 1.72. The van der Waals surface area contributed by atoms with Gasteiger partial charge in [-0.05, 0) is 43.8 Å². The fourth-order valence-corrected chi connectivity index (χ4v) is 3.25. The van der Waals surface area contributed by atoms with Gasteiger partial charge >= 0.3 is 0 Å². The molecule has 0 bridgehead atoms. The smallest absolute Gasteiger partial charge is 0.0950 e. The number of nitrogens with one attached hydrogen (secondary N) is 1. The van der Waals surface area contributed by atoms with Crippen molar-refractivity contribution in [1.29, 1.82) is 0 Å². The molecule has 0 radical (unpaired) electrons. The van der Waals surface area contributed by atoms with Crippen LogP contribution in [0.25, 0.3) is 11.3 Å². The summed E-state index contributed by atoms with van der Waals surface area (Å²) < 4.78 is 8.16. The van der Waals surface area contributed by atoms with Crippen LogP contribution >= 0.6 is 11.3 Å². The number of aromatic nitrogens is 2. The maximum absolute atomic E-state index is 5.94. The first-order valence-electron chi connectivity index (χ1n) is 7.28. The number of ether oxygens (including phenoxy) is 1. The Morgan fingerprint density at radius 2 is 2.30 bits per heavy atom. The molecule has 3 heterocycles. The summed E-state index contributed by atoms with van der Waals surface area (Å²) in [6.07, 6.45) is 7.64. The van der Waals surface area contributed by atoms with E-state index in [-0.39, 0.29) is 0 Å². The Morgan fingerprint density at radius 3 is 3.10 bits per heavy atom. The molecule has 0 amide bonds. The molecule has 1 aliphatic heterocycles. The van der Waals surface area contributed by atoms with Gasteiger partial charge in [-0.2, -0.15) is 11.3 Å². The van der Waals surface area contributed by atoms with Gasteiger partial charge in [0.2, 0.25) is 0 Å². The first-order chi connectivity index (χ1) is 9.93. The number of thiophene rings is 1. The van der Waals surface area contributed by atoms with Gasteiger partial charge in [0.15, 0.2) is 0 Å². The molecular formula is C15H21N3OS. The van der Waals surface area contributed by atoms with Crippen molar-refractivity contribution in [1.82, 2.24) is 14.9 Å². The number of imidazole rings is 1. The lowest BCUT2D eigenvalue weighted by Crippen LogP contribution is -2.32. The first kappa shape index (κ1) is 13.8. The van der Waals surface area contributed by atoms with Gasteiger partial charge in [-0.3, -0.25) is 0 Å². The van der Waals surface area contributed by atoms with E-state index in [0.717, 1.165) is 45.5 Å². The van der Waals surface area contributed by atoms with Crippen LogP contribution in [0.4, 0.5) is 0 Å². The van der Waals surface area contributed by atoms with Gasteiger partial charge in [-0.25, -0.2) is 4.98 Å². The Bertz CT molecular complexity index is 503. The molecule has 0 aromatic carbocycles. The molecule has 1 fully saturated rings. The highest BCUT2D eigenvalue weighted by Gasteiger charge is 2.12. The molecule has 0 spiro atoms. The van der Waals surface area contributed by atoms with Gasteiger partial charge in [0.05, 0.1) is 24.3 Å². The monoisotopic (exact) mass is 291 g/mol. The van der Waals surface area contributed by atoms with Crippen molar-refractivity contribution in [2.75, 3.05) is 19.7 Å². The minimum Gasteiger partial charge on any atom is -0.378 e. The van der Waals surface area contributed by atoms with Gasteiger partial charge in [-0.15, -0.1) is 0 Å². The zero-order valence-electron chi connectivity index (χ0n) is 11.6. The molecule has 20 heavy (non-hydrogen) atoms. The van der Waals surface area contributed by atoms with Gasteiger partial charge < -0.3 is 14.6 Å². The van der Waals surface area contributed by atoms with Crippen LogP contribution < -0.4 is 5.32 Å². The second kappa shape index (κ2) is 7.02. The molecule has 2 aromatic rings. The van der Waals surface area contributed by atoms with Crippen LogP contribution in [-0.4, -0.2) is 35.4 Å². The first-order valence-corrected chi connectivity index (χ1v) is 8.23. The Balaban J connectivity index is 1.46. The van der Waals surface area contributed by atoms with Crippen molar-refractivity contribution in [3.05, 3.63) is 29.4 Å². The molecule has 0 atom stereocenters. The van der Waals surface area contributed by atoms with E-state index in [9.17, 15) is 0 Å². The fourth-order valence-electron chi connectivity index (χ4n) is 2.60. The van der Waals surface area contributed by atoms with E-state index in [4.69, 9.17) is 4.74 Å². The third kappa shape index (κ3) is 3.48. The molecule has 1 N–H and O–H groups in total. The van der Waals surface area contributed by atoms with E-state index in [2.05, 4.69) is 31.7 Å². The summed E-state index contributed by atoms with van der Waals surface area (Å²) in [7, 11) is 0. The lowest BCUT2D eigenvalue weighted by atomic mass is 10.1. The Morgan fingerprint density at radius 1 is 1.40 bits per heavy atom. The fraction of sp³-hybridized carbons (Fsp3) is 0.533. The van der Waals surface area contributed by atoms with Crippen molar-refractivity contribution in [2.45, 2.75) is 31.9 Å². The van der Waals surface area contributed by atoms with Crippen LogP contribution in [0.5, 0.6) is 0 Å². The SMILES string of the molecule is c1cc(-c2cncn2CCCOC2CCNCC2)cs1. The summed E-state index contributed by atoms with van der Waals surface area (Å²) in [4.78, 5) is 4.27. The van der Waals surface area contributed by atoms with Crippen LogP contribution in [0, 0.1) is 0 Å². The van der Waals surface area contributed by atoms with E-state index < -0.39 is 0 Å². The highest BCUT2D eigenvalue weighted by molar-refractivity contribution is 7.08. The van der Waals surface area contributed by atoms with E-state index in [1.807, 2.05) is 12.5 Å². The minimum atomic E-state index is 0.454. The molecule has 1 saturated heterocycles. The minimum absolute atomic E-state index is 0.454. The van der Waals surface area contributed by atoms with Crippen molar-refractivity contribution >= 4 is 11.3 Å². The van der Waals surface area contributed by atoms with Crippen molar-refractivity contribution in [2.24, 2.45) is 0 Å². The Kier molecular flexibility index (Phi) is 4.84. The molecule has 0 aliphatic carbocycles. The number of nitrogens with zero attached hydrogens (tertiary/aromatic N) is 2. The topological polar surface area (TPSA) is 39.1 Å². The second-order valence-corrected chi connectivity index (χ2v) is 5.94. The number of aryl methyl sites for hydroxylation is 1. The van der Waals surface area contributed by atoms with Crippen molar-refractivity contribution in [3.63, 3.8) is 0 Å². The van der Waals surface area contributed by atoms with Gasteiger partial charge in [0.1, 0.15) is 0 Å². The number of hydrogen-bond acceptors (Lipinski definition) is 4. The maximum Gasteiger partial charge on any atom is 0.0950 e. The van der Waals surface area contributed by atoms with Crippen LogP contribution in [0.3, 0.4) is 0 Å². The lowest BCUT2D eigenvalue weighted by molar-refractivity contribution is 0.0302. The largest absolute Gasteiger partial charge is 0.378 e. The molecule has 1 aliphatic rings. The highest BCUT2D eigenvalue weighted by atomic mass is 32.1. The maximum atomic E-state index is 5.94. The van der Waals surface area contributed by atoms with E-state index in [0.29, 0.717) is 6.10 Å². The highest BCUT2D eigenvalue weighted by Crippen LogP contribution is 2.21. The zero-order chi connectivity index (χ0) is 13.6. The molecular weight excluding hydrogens is 270 g/mol. The molecule has 3 rings (SSSR count). The normalized spacial score (nSPS) is 16.6. The number of piperidine rings is 1. The molecule has 108 valence electrons. The standard InChI is InChI=1S/C15H21N3OS/c1(8-19-14-2-5-16-6-3-14)7-18-12-17-10-15(18)13-4-9-20-11-13/h4,9-12,14,16H,1-3,5-8H2. The Hall–Kier alpha value is -1.17. The van der Waals surface area contributed by atoms with Crippen LogP contribution in [0.1, 0.15) is 19.3 Å². The van der Waals surface area contributed by atoms with Crippen LogP contribution in [0.2, 0.25) is 0 Å². The average molecular weight is 291 g/mol. The number of rotatable bonds is 6. The van der Waals surface area contributed by atoms with E-state index in [1.54, 1.807) is 11.3 Å². The van der Waals surface area contributed by atoms with Crippen LogP contribution in [0.15, 0.2) is 29.4 Å². The number of hydrogen-bond donors (Lipinski definition) is 1. The predicted octanol–water partition coefficient (Wildman–Crippen LogP) is 2.77. The molecule has 0 saturated carbocycles. The van der Waals surface area contributed by atoms with Gasteiger partial charge in [0, 0.05) is 24.1 Å². The Labute approximate surface area is 123 Å². The van der Waals surface area contributed by atoms with Gasteiger partial charge in [0.25, 0.3) is 0 Å². The quantitative estimate of drug-likeness (QED) is 0.832. The zero-order valence-corrected chi connectivity index (χ0v) is 12.4.